The molecule has 1 aliphatic heterocycles. The Kier molecular flexibility index (Phi) is 7.38. The van der Waals surface area contributed by atoms with Crippen LogP contribution in [-0.2, 0) is 10.2 Å². The molecule has 7 heteroatoms. The van der Waals surface area contributed by atoms with Crippen molar-refractivity contribution in [3.8, 4) is 5.75 Å². The van der Waals surface area contributed by atoms with E-state index in [0.717, 1.165) is 31.2 Å². The Bertz CT molecular complexity index is 708. The van der Waals surface area contributed by atoms with Crippen LogP contribution in [0.5, 0.6) is 5.75 Å². The van der Waals surface area contributed by atoms with Crippen molar-refractivity contribution in [3.63, 3.8) is 0 Å². The molecule has 0 bridgehead atoms. The lowest BCUT2D eigenvalue weighted by Crippen LogP contribution is -2.46. The van der Waals surface area contributed by atoms with Gasteiger partial charge in [0.25, 0.3) is 0 Å². The first-order valence-corrected chi connectivity index (χ1v) is 10.1. The standard InChI is InChI=1S/C22H36N4O3/c1-21(2,3)29-20(27)25-17-12-13-26(14-17)19(23-6)24-15-22(4,5)16-8-10-18(28-7)11-9-16/h8-11,17H,12-15H2,1-7H3,(H,23,24)(H,25,27). The molecule has 0 aromatic heterocycles. The number of alkyl carbamates (subject to hydrolysis) is 1. The third-order valence-electron chi connectivity index (χ3n) is 4.98. The molecule has 2 N–H and O–H groups in total. The highest BCUT2D eigenvalue weighted by atomic mass is 16.6. The Balaban J connectivity index is 1.89. The van der Waals surface area contributed by atoms with Gasteiger partial charge >= 0.3 is 6.09 Å². The first-order valence-electron chi connectivity index (χ1n) is 10.1. The summed E-state index contributed by atoms with van der Waals surface area (Å²) in [6.45, 7) is 12.3. The molecule has 1 aromatic carbocycles. The van der Waals surface area contributed by atoms with Crippen LogP contribution in [0.4, 0.5) is 4.79 Å². The number of carbonyl (C=O) groups excluding carboxylic acids is 1. The predicted molar refractivity (Wildman–Crippen MR) is 117 cm³/mol. The molecule has 0 radical (unpaired) electrons. The maximum Gasteiger partial charge on any atom is 0.407 e. The molecule has 0 spiro atoms. The van der Waals surface area contributed by atoms with Gasteiger partial charge in [-0.05, 0) is 44.9 Å². The molecular formula is C22H36N4O3. The molecule has 29 heavy (non-hydrogen) atoms. The van der Waals surface area contributed by atoms with Crippen molar-refractivity contribution in [2.24, 2.45) is 4.99 Å². The summed E-state index contributed by atoms with van der Waals surface area (Å²) in [5.74, 6) is 1.70. The van der Waals surface area contributed by atoms with Gasteiger partial charge in [-0.3, -0.25) is 4.99 Å². The van der Waals surface area contributed by atoms with Crippen LogP contribution in [0, 0.1) is 0 Å². The van der Waals surface area contributed by atoms with Crippen molar-refractivity contribution in [2.45, 2.75) is 58.1 Å². The second kappa shape index (κ2) is 9.37. The lowest BCUT2D eigenvalue weighted by molar-refractivity contribution is 0.0507. The van der Waals surface area contributed by atoms with Gasteiger partial charge in [0.15, 0.2) is 5.96 Å². The molecular weight excluding hydrogens is 368 g/mol. The third-order valence-corrected chi connectivity index (χ3v) is 4.98. The third kappa shape index (κ3) is 6.84. The lowest BCUT2D eigenvalue weighted by atomic mass is 9.84. The molecule has 162 valence electrons. The van der Waals surface area contributed by atoms with Gasteiger partial charge in [-0.15, -0.1) is 0 Å². The van der Waals surface area contributed by atoms with E-state index in [9.17, 15) is 4.79 Å². The first-order chi connectivity index (χ1) is 13.5. The SMILES string of the molecule is CN=C(NCC(C)(C)c1ccc(OC)cc1)N1CCC(NC(=O)OC(C)(C)C)C1. The molecule has 0 saturated carbocycles. The number of rotatable bonds is 5. The molecule has 1 amide bonds. The summed E-state index contributed by atoms with van der Waals surface area (Å²) in [5.41, 5.74) is 0.662. The molecule has 1 heterocycles. The number of carbonyl (C=O) groups is 1. The van der Waals surface area contributed by atoms with Gasteiger partial charge in [-0.1, -0.05) is 26.0 Å². The number of guanidine groups is 1. The van der Waals surface area contributed by atoms with Crippen molar-refractivity contribution >= 4 is 12.1 Å². The topological polar surface area (TPSA) is 75.2 Å². The van der Waals surface area contributed by atoms with E-state index in [1.54, 1.807) is 14.2 Å². The Morgan fingerprint density at radius 1 is 1.21 bits per heavy atom. The van der Waals surface area contributed by atoms with Gasteiger partial charge < -0.3 is 25.0 Å². The fraction of sp³-hybridized carbons (Fsp3) is 0.636. The van der Waals surface area contributed by atoms with Gasteiger partial charge in [-0.2, -0.15) is 0 Å². The highest BCUT2D eigenvalue weighted by Crippen LogP contribution is 2.24. The Labute approximate surface area is 174 Å². The maximum absolute atomic E-state index is 12.0. The van der Waals surface area contributed by atoms with Crippen LogP contribution in [-0.4, -0.2) is 62.4 Å². The average Bonchev–Trinajstić information content (AvgIpc) is 3.08. The average molecular weight is 405 g/mol. The number of hydrogen-bond donors (Lipinski definition) is 2. The van der Waals surface area contributed by atoms with E-state index in [1.807, 2.05) is 32.9 Å². The number of nitrogens with one attached hydrogen (secondary N) is 2. The van der Waals surface area contributed by atoms with Crippen LogP contribution in [0.15, 0.2) is 29.3 Å². The monoisotopic (exact) mass is 404 g/mol. The fourth-order valence-corrected chi connectivity index (χ4v) is 3.32. The summed E-state index contributed by atoms with van der Waals surface area (Å²) < 4.78 is 10.6. The van der Waals surface area contributed by atoms with Crippen molar-refractivity contribution in [2.75, 3.05) is 33.8 Å². The summed E-state index contributed by atoms with van der Waals surface area (Å²) >= 11 is 0. The minimum Gasteiger partial charge on any atom is -0.497 e. The fourth-order valence-electron chi connectivity index (χ4n) is 3.32. The molecule has 2 rings (SSSR count). The summed E-state index contributed by atoms with van der Waals surface area (Å²) in [4.78, 5) is 18.6. The number of amides is 1. The van der Waals surface area contributed by atoms with E-state index >= 15 is 0 Å². The highest BCUT2D eigenvalue weighted by Gasteiger charge is 2.29. The molecule has 1 aromatic rings. The van der Waals surface area contributed by atoms with Crippen molar-refractivity contribution < 1.29 is 14.3 Å². The number of aliphatic imine (C=N–C) groups is 1. The van der Waals surface area contributed by atoms with E-state index in [-0.39, 0.29) is 17.6 Å². The van der Waals surface area contributed by atoms with Crippen LogP contribution in [0.25, 0.3) is 0 Å². The van der Waals surface area contributed by atoms with Gasteiger partial charge in [0.2, 0.25) is 0 Å². The predicted octanol–water partition coefficient (Wildman–Crippen LogP) is 3.15. The molecule has 0 aliphatic carbocycles. The summed E-state index contributed by atoms with van der Waals surface area (Å²) in [5, 5.41) is 6.45. The Morgan fingerprint density at radius 2 is 1.86 bits per heavy atom. The van der Waals surface area contributed by atoms with Crippen LogP contribution in [0.2, 0.25) is 0 Å². The summed E-state index contributed by atoms with van der Waals surface area (Å²) in [6.07, 6.45) is 0.495. The number of nitrogens with zero attached hydrogens (tertiary/aromatic N) is 2. The van der Waals surface area contributed by atoms with Crippen molar-refractivity contribution in [1.29, 1.82) is 0 Å². The molecule has 7 nitrogen and oxygen atoms in total. The number of ether oxygens (including phenoxy) is 2. The molecule has 1 saturated heterocycles. The van der Waals surface area contributed by atoms with Gasteiger partial charge in [0, 0.05) is 32.1 Å². The van der Waals surface area contributed by atoms with E-state index < -0.39 is 5.60 Å². The number of likely N-dealkylation sites (tertiary alicyclic amines) is 1. The van der Waals surface area contributed by atoms with E-state index in [1.165, 1.54) is 5.56 Å². The van der Waals surface area contributed by atoms with Gasteiger partial charge in [0.05, 0.1) is 13.2 Å². The quantitative estimate of drug-likeness (QED) is 0.582. The van der Waals surface area contributed by atoms with E-state index in [0.29, 0.717) is 6.54 Å². The zero-order valence-corrected chi connectivity index (χ0v) is 18.8. The normalized spacial score (nSPS) is 17.8. The molecule has 1 aliphatic rings. The first kappa shape index (κ1) is 22.8. The van der Waals surface area contributed by atoms with E-state index in [4.69, 9.17) is 9.47 Å². The molecule has 1 fully saturated rings. The number of methoxy groups -OCH3 is 1. The summed E-state index contributed by atoms with van der Waals surface area (Å²) in [6, 6.07) is 8.22. The Hall–Kier alpha value is -2.44. The van der Waals surface area contributed by atoms with Crippen LogP contribution < -0.4 is 15.4 Å². The minimum atomic E-state index is -0.493. The van der Waals surface area contributed by atoms with Crippen molar-refractivity contribution in [1.82, 2.24) is 15.5 Å². The van der Waals surface area contributed by atoms with Crippen molar-refractivity contribution in [3.05, 3.63) is 29.8 Å². The zero-order valence-electron chi connectivity index (χ0n) is 18.8. The molecule has 1 atom stereocenters. The van der Waals surface area contributed by atoms with Gasteiger partial charge in [0.1, 0.15) is 11.4 Å². The maximum atomic E-state index is 12.0. The Morgan fingerprint density at radius 3 is 2.41 bits per heavy atom. The zero-order chi connectivity index (χ0) is 21.7. The van der Waals surface area contributed by atoms with Crippen LogP contribution in [0.3, 0.4) is 0 Å². The summed E-state index contributed by atoms with van der Waals surface area (Å²) in [7, 11) is 3.46. The number of benzene rings is 1. The molecule has 1 unspecified atom stereocenters. The smallest absolute Gasteiger partial charge is 0.407 e. The second-order valence-corrected chi connectivity index (χ2v) is 9.09. The highest BCUT2D eigenvalue weighted by molar-refractivity contribution is 5.80. The van der Waals surface area contributed by atoms with Crippen LogP contribution >= 0.6 is 0 Å². The second-order valence-electron chi connectivity index (χ2n) is 9.09. The largest absolute Gasteiger partial charge is 0.497 e. The number of hydrogen-bond acceptors (Lipinski definition) is 4. The lowest BCUT2D eigenvalue weighted by Gasteiger charge is -2.29. The minimum absolute atomic E-state index is 0.0537. The van der Waals surface area contributed by atoms with E-state index in [2.05, 4.69) is 46.5 Å². The van der Waals surface area contributed by atoms with Gasteiger partial charge in [-0.25, -0.2) is 4.79 Å². The van der Waals surface area contributed by atoms with Crippen LogP contribution in [0.1, 0.15) is 46.6 Å².